The largest absolute Gasteiger partial charge is 0.481 e. The number of amides is 1. The Bertz CT molecular complexity index is 1200. The molecule has 0 heterocycles. The van der Waals surface area contributed by atoms with E-state index >= 15 is 0 Å². The van der Waals surface area contributed by atoms with Crippen molar-refractivity contribution < 1.29 is 53.9 Å². The summed E-state index contributed by atoms with van der Waals surface area (Å²) in [7, 11) is 0. The highest BCUT2D eigenvalue weighted by molar-refractivity contribution is 5.92. The summed E-state index contributed by atoms with van der Waals surface area (Å²) in [6.07, 6.45) is 2.91. The molecule has 0 saturated heterocycles. The Hall–Kier alpha value is -3.12. The molecule has 5 N–H and O–H groups in total. The maximum Gasteiger partial charge on any atom is 0.326 e. The SMILES string of the molecule is C[C@]12CCC(=O)C=C1CC[C@H]1[C@H]2[C@@H](O)C[C@@]2(C)[C@H]1CC[C@]2(O)C(=O)COC(=O)CCC(=O)N[C@@H](CCC(=O)O)C(=O)O. The fourth-order valence-electron chi connectivity index (χ4n) is 8.50. The Balaban J connectivity index is 1.34. The Morgan fingerprint density at radius 1 is 1.05 bits per heavy atom. The fraction of sp³-hybridized carbons (Fsp3) is 0.733. The summed E-state index contributed by atoms with van der Waals surface area (Å²) in [4.78, 5) is 71.8. The molecule has 3 saturated carbocycles. The first-order valence-corrected chi connectivity index (χ1v) is 14.7. The van der Waals surface area contributed by atoms with Gasteiger partial charge in [0.25, 0.3) is 0 Å². The highest BCUT2D eigenvalue weighted by atomic mass is 16.5. The molecule has 0 unspecified atom stereocenters. The number of carboxylic acids is 2. The number of ether oxygens (including phenoxy) is 1. The second kappa shape index (κ2) is 11.9. The van der Waals surface area contributed by atoms with Crippen LogP contribution < -0.4 is 5.32 Å². The number of Topliss-reactive ketones (excluding diaryl/α,β-unsaturated/α-hetero) is 1. The van der Waals surface area contributed by atoms with Gasteiger partial charge in [0.05, 0.1) is 12.5 Å². The van der Waals surface area contributed by atoms with E-state index in [2.05, 4.69) is 12.2 Å². The van der Waals surface area contributed by atoms with E-state index in [-0.39, 0.29) is 48.2 Å². The molecule has 3 fully saturated rings. The second-order valence-corrected chi connectivity index (χ2v) is 13.0. The molecule has 0 aromatic carbocycles. The Labute approximate surface area is 243 Å². The summed E-state index contributed by atoms with van der Waals surface area (Å²) in [6, 6.07) is -1.42. The average Bonchev–Trinajstić information content (AvgIpc) is 3.19. The number of nitrogens with one attached hydrogen (secondary N) is 1. The smallest absolute Gasteiger partial charge is 0.326 e. The van der Waals surface area contributed by atoms with Gasteiger partial charge in [-0.2, -0.15) is 0 Å². The molecular weight excluding hydrogens is 550 g/mol. The van der Waals surface area contributed by atoms with Gasteiger partial charge in [-0.1, -0.05) is 19.4 Å². The number of carbonyl (C=O) groups is 6. The van der Waals surface area contributed by atoms with Crippen LogP contribution in [0.5, 0.6) is 0 Å². The molecule has 0 radical (unpaired) electrons. The molecule has 12 nitrogen and oxygen atoms in total. The van der Waals surface area contributed by atoms with Gasteiger partial charge < -0.3 is 30.5 Å². The Morgan fingerprint density at radius 3 is 2.43 bits per heavy atom. The zero-order chi connectivity index (χ0) is 31.0. The molecule has 42 heavy (non-hydrogen) atoms. The number of fused-ring (bicyclic) bond motifs is 5. The van der Waals surface area contributed by atoms with Crippen molar-refractivity contribution in [1.82, 2.24) is 5.32 Å². The number of aliphatic carboxylic acids is 2. The van der Waals surface area contributed by atoms with E-state index in [9.17, 15) is 39.0 Å². The topological polar surface area (TPSA) is 205 Å². The number of aliphatic hydroxyl groups is 2. The van der Waals surface area contributed by atoms with Crippen LogP contribution >= 0.6 is 0 Å². The van der Waals surface area contributed by atoms with Crippen molar-refractivity contribution in [3.05, 3.63) is 11.6 Å². The van der Waals surface area contributed by atoms with E-state index in [4.69, 9.17) is 14.9 Å². The number of carboxylic acid groups (broad SMARTS) is 2. The van der Waals surface area contributed by atoms with E-state index in [0.29, 0.717) is 19.3 Å². The van der Waals surface area contributed by atoms with Crippen LogP contribution in [0.1, 0.15) is 84.5 Å². The number of hydrogen-bond donors (Lipinski definition) is 5. The first kappa shape index (κ1) is 31.8. The molecule has 0 bridgehead atoms. The molecule has 0 aliphatic heterocycles. The molecular formula is C30H41NO11. The molecule has 4 aliphatic rings. The summed E-state index contributed by atoms with van der Waals surface area (Å²) in [5.41, 5.74) is -1.95. The molecule has 4 rings (SSSR count). The molecule has 0 aromatic rings. The minimum absolute atomic E-state index is 0.0291. The summed E-state index contributed by atoms with van der Waals surface area (Å²) in [6.45, 7) is 3.25. The van der Waals surface area contributed by atoms with Gasteiger partial charge in [0, 0.05) is 24.7 Å². The molecule has 0 aromatic heterocycles. The maximum atomic E-state index is 13.4. The molecule has 232 valence electrons. The van der Waals surface area contributed by atoms with Gasteiger partial charge in [0.2, 0.25) is 11.7 Å². The predicted molar refractivity (Wildman–Crippen MR) is 145 cm³/mol. The van der Waals surface area contributed by atoms with E-state index in [1.165, 1.54) is 0 Å². The number of hydrogen-bond acceptors (Lipinski definition) is 9. The van der Waals surface area contributed by atoms with Crippen molar-refractivity contribution in [1.29, 1.82) is 0 Å². The third-order valence-electron chi connectivity index (χ3n) is 10.7. The Kier molecular flexibility index (Phi) is 8.99. The third-order valence-corrected chi connectivity index (χ3v) is 10.7. The van der Waals surface area contributed by atoms with Gasteiger partial charge in [-0.25, -0.2) is 4.79 Å². The molecule has 12 heteroatoms. The molecule has 0 spiro atoms. The number of ketones is 2. The standard InChI is InChI=1S/C30H41NO11/c1-28-11-9-17(32)13-16(28)3-4-18-19-10-12-30(41,29(19,2)14-21(33)26(18)28)22(34)15-42-25(38)8-6-23(35)31-20(27(39)40)5-7-24(36)37/h13,18-21,26,33,41H,3-12,14-15H2,1-2H3,(H,31,35)(H,36,37)(H,39,40)/t18-,19+,20+,21+,26+,28+,29+,30+/m1/s1. The van der Waals surface area contributed by atoms with Gasteiger partial charge in [-0.15, -0.1) is 0 Å². The van der Waals surface area contributed by atoms with Crippen molar-refractivity contribution in [2.24, 2.45) is 28.6 Å². The summed E-state index contributed by atoms with van der Waals surface area (Å²) in [5, 5.41) is 43.3. The van der Waals surface area contributed by atoms with Crippen molar-refractivity contribution in [2.75, 3.05) is 6.61 Å². The van der Waals surface area contributed by atoms with E-state index in [1.807, 2.05) is 6.92 Å². The predicted octanol–water partition coefficient (Wildman–Crippen LogP) is 1.55. The van der Waals surface area contributed by atoms with Crippen LogP contribution in [0.3, 0.4) is 0 Å². The second-order valence-electron chi connectivity index (χ2n) is 13.0. The van der Waals surface area contributed by atoms with Crippen molar-refractivity contribution >= 4 is 35.4 Å². The van der Waals surface area contributed by atoms with E-state index in [0.717, 1.165) is 18.4 Å². The maximum absolute atomic E-state index is 13.4. The van der Waals surface area contributed by atoms with Gasteiger partial charge >= 0.3 is 17.9 Å². The van der Waals surface area contributed by atoms with Crippen LogP contribution in [0.2, 0.25) is 0 Å². The van der Waals surface area contributed by atoms with Gasteiger partial charge in [0.1, 0.15) is 11.6 Å². The normalized spacial score (nSPS) is 36.0. The lowest BCUT2D eigenvalue weighted by Crippen LogP contribution is -2.62. The lowest BCUT2D eigenvalue weighted by molar-refractivity contribution is -0.184. The quantitative estimate of drug-likeness (QED) is 0.218. The van der Waals surface area contributed by atoms with Gasteiger partial charge in [-0.3, -0.25) is 24.0 Å². The number of esters is 1. The minimum Gasteiger partial charge on any atom is -0.481 e. The number of allylic oxidation sites excluding steroid dienone is 1. The zero-order valence-corrected chi connectivity index (χ0v) is 24.1. The number of carbonyl (C=O) groups excluding carboxylic acids is 4. The van der Waals surface area contributed by atoms with Gasteiger partial charge in [0.15, 0.2) is 12.4 Å². The van der Waals surface area contributed by atoms with E-state index in [1.54, 1.807) is 6.08 Å². The highest BCUT2D eigenvalue weighted by Crippen LogP contribution is 2.67. The highest BCUT2D eigenvalue weighted by Gasteiger charge is 2.68. The van der Waals surface area contributed by atoms with E-state index < -0.39 is 78.6 Å². The zero-order valence-electron chi connectivity index (χ0n) is 24.1. The van der Waals surface area contributed by atoms with Crippen LogP contribution in [-0.2, 0) is 33.5 Å². The summed E-state index contributed by atoms with van der Waals surface area (Å²) in [5.74, 6) is -4.86. The van der Waals surface area contributed by atoms with Crippen LogP contribution in [0.4, 0.5) is 0 Å². The first-order valence-electron chi connectivity index (χ1n) is 14.7. The van der Waals surface area contributed by atoms with Crippen LogP contribution in [0.25, 0.3) is 0 Å². The first-order chi connectivity index (χ1) is 19.6. The molecule has 8 atom stereocenters. The van der Waals surface area contributed by atoms with Crippen molar-refractivity contribution in [3.8, 4) is 0 Å². The van der Waals surface area contributed by atoms with Crippen LogP contribution in [0.15, 0.2) is 11.6 Å². The lowest BCUT2D eigenvalue weighted by Gasteiger charge is -2.60. The van der Waals surface area contributed by atoms with Crippen LogP contribution in [-0.4, -0.2) is 80.2 Å². The minimum atomic E-state index is -1.81. The van der Waals surface area contributed by atoms with Gasteiger partial charge in [-0.05, 0) is 74.2 Å². The molecule has 1 amide bonds. The summed E-state index contributed by atoms with van der Waals surface area (Å²) >= 11 is 0. The number of rotatable bonds is 11. The van der Waals surface area contributed by atoms with Crippen molar-refractivity contribution in [3.63, 3.8) is 0 Å². The summed E-state index contributed by atoms with van der Waals surface area (Å²) < 4.78 is 5.09. The third kappa shape index (κ3) is 5.75. The Morgan fingerprint density at radius 2 is 1.76 bits per heavy atom. The fourth-order valence-corrected chi connectivity index (χ4v) is 8.50. The van der Waals surface area contributed by atoms with Crippen molar-refractivity contribution in [2.45, 2.75) is 102 Å². The van der Waals surface area contributed by atoms with Crippen LogP contribution in [0, 0.1) is 28.6 Å². The average molecular weight is 592 g/mol. The number of aliphatic hydroxyl groups excluding tert-OH is 1. The lowest BCUT2D eigenvalue weighted by atomic mass is 9.45. The molecule has 4 aliphatic carbocycles. The monoisotopic (exact) mass is 591 g/mol.